The lowest BCUT2D eigenvalue weighted by Crippen LogP contribution is -2.08. The van der Waals surface area contributed by atoms with E-state index in [2.05, 4.69) is 33.7 Å². The van der Waals surface area contributed by atoms with Gasteiger partial charge < -0.3 is 5.32 Å². The highest BCUT2D eigenvalue weighted by Gasteiger charge is 2.04. The zero-order chi connectivity index (χ0) is 11.5. The molecule has 0 aromatic carbocycles. The molecule has 0 bridgehead atoms. The van der Waals surface area contributed by atoms with Gasteiger partial charge in [0, 0.05) is 20.2 Å². The Morgan fingerprint density at radius 1 is 1.31 bits per heavy atom. The van der Waals surface area contributed by atoms with Crippen LogP contribution >= 0.6 is 0 Å². The number of rotatable bonds is 4. The molecule has 6 heteroatoms. The molecule has 0 atom stereocenters. The summed E-state index contributed by atoms with van der Waals surface area (Å²) in [4.78, 5) is 0. The minimum absolute atomic E-state index is 0.701. The molecule has 0 amide bonds. The fourth-order valence-corrected chi connectivity index (χ4v) is 1.52. The van der Waals surface area contributed by atoms with Gasteiger partial charge in [0.05, 0.1) is 24.1 Å². The molecule has 0 unspecified atom stereocenters. The van der Waals surface area contributed by atoms with E-state index >= 15 is 0 Å². The molecular weight excluding hydrogens is 204 g/mol. The molecule has 0 saturated carbocycles. The minimum Gasteiger partial charge on any atom is -0.365 e. The highest BCUT2D eigenvalue weighted by Crippen LogP contribution is 2.10. The molecule has 0 spiro atoms. The molecular formula is C10H16N6. The third-order valence-corrected chi connectivity index (χ3v) is 2.55. The Labute approximate surface area is 94.3 Å². The highest BCUT2D eigenvalue weighted by atomic mass is 15.4. The fourth-order valence-electron chi connectivity index (χ4n) is 1.52. The quantitative estimate of drug-likeness (QED) is 0.825. The normalized spacial score (nSPS) is 10.7. The summed E-state index contributed by atoms with van der Waals surface area (Å²) in [7, 11) is 3.81. The molecule has 2 aromatic rings. The van der Waals surface area contributed by atoms with Crippen molar-refractivity contribution < 1.29 is 0 Å². The van der Waals surface area contributed by atoms with Crippen LogP contribution in [0.5, 0.6) is 0 Å². The summed E-state index contributed by atoms with van der Waals surface area (Å²) < 4.78 is 3.60. The molecule has 1 N–H and O–H groups in total. The van der Waals surface area contributed by atoms with Crippen LogP contribution in [0.1, 0.15) is 18.3 Å². The van der Waals surface area contributed by atoms with Gasteiger partial charge in [0.2, 0.25) is 0 Å². The second-order valence-corrected chi connectivity index (χ2v) is 3.70. The number of nitrogens with zero attached hydrogens (tertiary/aromatic N) is 5. The smallest absolute Gasteiger partial charge is 0.124 e. The van der Waals surface area contributed by atoms with Crippen molar-refractivity contribution in [1.29, 1.82) is 0 Å². The second-order valence-electron chi connectivity index (χ2n) is 3.70. The maximum Gasteiger partial charge on any atom is 0.124 e. The van der Waals surface area contributed by atoms with E-state index < -0.39 is 0 Å². The highest BCUT2D eigenvalue weighted by molar-refractivity contribution is 5.37. The van der Waals surface area contributed by atoms with Crippen LogP contribution in [0.2, 0.25) is 0 Å². The standard InChI is InChI=1S/C10H16N6/c1-4-8-5-10(16(3)13-8)11-6-9-7-12-14-15(9)2/h5,7,11H,4,6H2,1-3H3. The molecule has 0 saturated heterocycles. The Morgan fingerprint density at radius 2 is 2.12 bits per heavy atom. The van der Waals surface area contributed by atoms with Crippen LogP contribution in [-0.2, 0) is 27.1 Å². The van der Waals surface area contributed by atoms with Gasteiger partial charge in [0.15, 0.2) is 0 Å². The topological polar surface area (TPSA) is 60.6 Å². The Kier molecular flexibility index (Phi) is 2.89. The zero-order valence-corrected chi connectivity index (χ0v) is 9.80. The summed E-state index contributed by atoms with van der Waals surface area (Å²) in [5.41, 5.74) is 2.13. The van der Waals surface area contributed by atoms with Gasteiger partial charge >= 0.3 is 0 Å². The first-order chi connectivity index (χ1) is 7.70. The van der Waals surface area contributed by atoms with Gasteiger partial charge in [-0.1, -0.05) is 12.1 Å². The molecule has 0 radical (unpaired) electrons. The predicted octanol–water partition coefficient (Wildman–Crippen LogP) is 0.723. The number of hydrogen-bond donors (Lipinski definition) is 1. The first-order valence-electron chi connectivity index (χ1n) is 5.31. The molecule has 2 rings (SSSR count). The van der Waals surface area contributed by atoms with Crippen molar-refractivity contribution in [3.05, 3.63) is 23.7 Å². The average molecular weight is 220 g/mol. The van der Waals surface area contributed by atoms with E-state index in [4.69, 9.17) is 0 Å². The van der Waals surface area contributed by atoms with Gasteiger partial charge in [0.25, 0.3) is 0 Å². The third-order valence-electron chi connectivity index (χ3n) is 2.55. The lowest BCUT2D eigenvalue weighted by atomic mass is 10.3. The summed E-state index contributed by atoms with van der Waals surface area (Å²) in [6, 6.07) is 2.06. The Morgan fingerprint density at radius 3 is 2.69 bits per heavy atom. The molecule has 2 heterocycles. The lowest BCUT2D eigenvalue weighted by molar-refractivity contribution is 0.680. The first kappa shape index (κ1) is 10.7. The van der Waals surface area contributed by atoms with Gasteiger partial charge in [-0.15, -0.1) is 5.10 Å². The summed E-state index contributed by atoms with van der Waals surface area (Å²) in [5, 5.41) is 15.4. The van der Waals surface area contributed by atoms with Gasteiger partial charge in [-0.05, 0) is 6.42 Å². The van der Waals surface area contributed by atoms with E-state index in [0.717, 1.165) is 23.6 Å². The molecule has 0 fully saturated rings. The summed E-state index contributed by atoms with van der Waals surface area (Å²) in [6.07, 6.45) is 2.70. The van der Waals surface area contributed by atoms with Crippen LogP contribution in [0.3, 0.4) is 0 Å². The molecule has 2 aromatic heterocycles. The Bertz CT molecular complexity index is 469. The van der Waals surface area contributed by atoms with Crippen LogP contribution in [0.15, 0.2) is 12.3 Å². The zero-order valence-electron chi connectivity index (χ0n) is 9.80. The SMILES string of the molecule is CCc1cc(NCc2cnnn2C)n(C)n1. The van der Waals surface area contributed by atoms with E-state index in [0.29, 0.717) is 6.54 Å². The summed E-state index contributed by atoms with van der Waals surface area (Å²) in [5.74, 6) is 1.01. The van der Waals surface area contributed by atoms with Crippen LogP contribution < -0.4 is 5.32 Å². The third kappa shape index (κ3) is 2.05. The molecule has 0 aliphatic heterocycles. The number of aromatic nitrogens is 5. The largest absolute Gasteiger partial charge is 0.365 e. The van der Waals surface area contributed by atoms with E-state index in [9.17, 15) is 0 Å². The van der Waals surface area contributed by atoms with E-state index in [-0.39, 0.29) is 0 Å². The molecule has 16 heavy (non-hydrogen) atoms. The number of anilines is 1. The average Bonchev–Trinajstić information content (AvgIpc) is 2.82. The van der Waals surface area contributed by atoms with Crippen molar-refractivity contribution in [2.24, 2.45) is 14.1 Å². The maximum absolute atomic E-state index is 4.37. The maximum atomic E-state index is 4.37. The van der Waals surface area contributed by atoms with E-state index in [1.165, 1.54) is 0 Å². The summed E-state index contributed by atoms with van der Waals surface area (Å²) in [6.45, 7) is 2.79. The van der Waals surface area contributed by atoms with E-state index in [1.54, 1.807) is 10.9 Å². The molecule has 6 nitrogen and oxygen atoms in total. The van der Waals surface area contributed by atoms with Crippen molar-refractivity contribution in [2.75, 3.05) is 5.32 Å². The predicted molar refractivity (Wildman–Crippen MR) is 60.9 cm³/mol. The van der Waals surface area contributed by atoms with Crippen LogP contribution in [0, 0.1) is 0 Å². The first-order valence-corrected chi connectivity index (χ1v) is 5.31. The van der Waals surface area contributed by atoms with Crippen LogP contribution in [-0.4, -0.2) is 24.8 Å². The Hall–Kier alpha value is -1.85. The van der Waals surface area contributed by atoms with E-state index in [1.807, 2.05) is 18.8 Å². The van der Waals surface area contributed by atoms with Crippen molar-refractivity contribution >= 4 is 5.82 Å². The van der Waals surface area contributed by atoms with Gasteiger partial charge in [-0.25, -0.2) is 0 Å². The van der Waals surface area contributed by atoms with Crippen molar-refractivity contribution in [3.8, 4) is 0 Å². The van der Waals surface area contributed by atoms with Gasteiger partial charge in [0.1, 0.15) is 5.82 Å². The fraction of sp³-hybridized carbons (Fsp3) is 0.500. The van der Waals surface area contributed by atoms with Crippen molar-refractivity contribution in [2.45, 2.75) is 19.9 Å². The van der Waals surface area contributed by atoms with Crippen LogP contribution in [0.25, 0.3) is 0 Å². The van der Waals surface area contributed by atoms with Crippen molar-refractivity contribution in [1.82, 2.24) is 24.8 Å². The van der Waals surface area contributed by atoms with Gasteiger partial charge in [-0.2, -0.15) is 5.10 Å². The van der Waals surface area contributed by atoms with Gasteiger partial charge in [-0.3, -0.25) is 9.36 Å². The van der Waals surface area contributed by atoms with Crippen LogP contribution in [0.4, 0.5) is 5.82 Å². The lowest BCUT2D eigenvalue weighted by Gasteiger charge is -2.05. The monoisotopic (exact) mass is 220 g/mol. The van der Waals surface area contributed by atoms with Crippen molar-refractivity contribution in [3.63, 3.8) is 0 Å². The molecule has 86 valence electrons. The molecule has 0 aliphatic rings. The second kappa shape index (κ2) is 4.34. The molecule has 0 aliphatic carbocycles. The number of nitrogens with one attached hydrogen (secondary N) is 1. The Balaban J connectivity index is 2.04. The number of aryl methyl sites for hydroxylation is 3. The number of hydrogen-bond acceptors (Lipinski definition) is 4. The summed E-state index contributed by atoms with van der Waals surface area (Å²) >= 11 is 0. The minimum atomic E-state index is 0.701.